The molecule has 2 heteroatoms. The topological polar surface area (TPSA) is 52.0 Å². The Hall–Kier alpha value is -1.02. The minimum absolute atomic E-state index is 0.0885. The van der Waals surface area contributed by atoms with E-state index in [0.717, 1.165) is 24.1 Å². The predicted octanol–water partition coefficient (Wildman–Crippen LogP) is 2.38. The average molecular weight is 178 g/mol. The van der Waals surface area contributed by atoms with Crippen molar-refractivity contribution >= 4 is 5.69 Å². The van der Waals surface area contributed by atoms with Crippen LogP contribution in [-0.2, 0) is 0 Å². The molecule has 1 rings (SSSR count). The van der Waals surface area contributed by atoms with E-state index in [1.54, 1.807) is 0 Å². The van der Waals surface area contributed by atoms with E-state index in [-0.39, 0.29) is 6.04 Å². The first-order valence-corrected chi connectivity index (χ1v) is 4.76. The van der Waals surface area contributed by atoms with Crippen molar-refractivity contribution in [2.45, 2.75) is 32.7 Å². The quantitative estimate of drug-likeness (QED) is 0.698. The molecule has 1 atom stereocenters. The minimum atomic E-state index is 0.0885. The van der Waals surface area contributed by atoms with Crippen LogP contribution >= 0.6 is 0 Å². The molecule has 0 heterocycles. The first-order valence-electron chi connectivity index (χ1n) is 4.76. The highest BCUT2D eigenvalue weighted by Gasteiger charge is 2.07. The molecule has 0 fully saturated rings. The van der Waals surface area contributed by atoms with E-state index in [9.17, 15) is 0 Å². The zero-order chi connectivity index (χ0) is 9.84. The number of hydrogen-bond donors (Lipinski definition) is 2. The third kappa shape index (κ3) is 2.46. The second-order valence-corrected chi connectivity index (χ2v) is 3.53. The smallest absolute Gasteiger partial charge is 0.0365 e. The van der Waals surface area contributed by atoms with Gasteiger partial charge in [-0.15, -0.1) is 0 Å². The Kier molecular flexibility index (Phi) is 3.32. The molecule has 0 bridgehead atoms. The highest BCUT2D eigenvalue weighted by molar-refractivity contribution is 5.50. The van der Waals surface area contributed by atoms with Gasteiger partial charge in [-0.3, -0.25) is 0 Å². The van der Waals surface area contributed by atoms with Crippen LogP contribution < -0.4 is 11.5 Å². The number of benzene rings is 1. The highest BCUT2D eigenvalue weighted by Crippen LogP contribution is 2.22. The van der Waals surface area contributed by atoms with Crippen molar-refractivity contribution in [1.82, 2.24) is 0 Å². The Labute approximate surface area is 79.9 Å². The van der Waals surface area contributed by atoms with Crippen LogP contribution in [-0.4, -0.2) is 0 Å². The van der Waals surface area contributed by atoms with E-state index in [1.165, 1.54) is 5.56 Å². The molecule has 1 aromatic rings. The Bertz CT molecular complexity index is 281. The van der Waals surface area contributed by atoms with Crippen molar-refractivity contribution < 1.29 is 0 Å². The third-order valence-electron chi connectivity index (χ3n) is 2.24. The molecule has 72 valence electrons. The molecule has 4 N–H and O–H groups in total. The second kappa shape index (κ2) is 4.28. The average Bonchev–Trinajstić information content (AvgIpc) is 2.04. The fourth-order valence-corrected chi connectivity index (χ4v) is 1.50. The summed E-state index contributed by atoms with van der Waals surface area (Å²) >= 11 is 0. The Morgan fingerprint density at radius 2 is 2.08 bits per heavy atom. The lowest BCUT2D eigenvalue weighted by Crippen LogP contribution is -2.12. The van der Waals surface area contributed by atoms with Crippen LogP contribution in [0.15, 0.2) is 18.2 Å². The summed E-state index contributed by atoms with van der Waals surface area (Å²) in [6.45, 7) is 4.16. The molecule has 0 aromatic heterocycles. The number of hydrogen-bond acceptors (Lipinski definition) is 2. The van der Waals surface area contributed by atoms with Gasteiger partial charge < -0.3 is 11.5 Å². The Morgan fingerprint density at radius 3 is 2.62 bits per heavy atom. The summed E-state index contributed by atoms with van der Waals surface area (Å²) in [5.41, 5.74) is 14.9. The first kappa shape index (κ1) is 10.1. The molecule has 13 heavy (non-hydrogen) atoms. The van der Waals surface area contributed by atoms with Crippen LogP contribution in [0.1, 0.15) is 36.9 Å². The molecule has 0 saturated carbocycles. The van der Waals surface area contributed by atoms with E-state index in [2.05, 4.69) is 13.0 Å². The summed E-state index contributed by atoms with van der Waals surface area (Å²) in [6, 6.07) is 6.16. The van der Waals surface area contributed by atoms with Gasteiger partial charge in [-0.05, 0) is 30.5 Å². The molecule has 0 saturated heterocycles. The molecule has 0 spiro atoms. The fourth-order valence-electron chi connectivity index (χ4n) is 1.50. The van der Waals surface area contributed by atoms with Crippen molar-refractivity contribution in [3.63, 3.8) is 0 Å². The van der Waals surface area contributed by atoms with E-state index in [4.69, 9.17) is 11.5 Å². The van der Waals surface area contributed by atoms with Crippen LogP contribution in [0.3, 0.4) is 0 Å². The highest BCUT2D eigenvalue weighted by atomic mass is 14.7. The standard InChI is InChI=1S/C11H18N2/c1-3-4-10(12)9-6-5-8(2)7-11(9)13/h5-7,10H,3-4,12-13H2,1-2H3. The summed E-state index contributed by atoms with van der Waals surface area (Å²) < 4.78 is 0. The minimum Gasteiger partial charge on any atom is -0.398 e. The van der Waals surface area contributed by atoms with Crippen molar-refractivity contribution in [2.75, 3.05) is 5.73 Å². The van der Waals surface area contributed by atoms with Crippen LogP contribution in [0.5, 0.6) is 0 Å². The van der Waals surface area contributed by atoms with Crippen molar-refractivity contribution in [2.24, 2.45) is 5.73 Å². The molecule has 1 aromatic carbocycles. The summed E-state index contributed by atoms with van der Waals surface area (Å²) in [7, 11) is 0. The van der Waals surface area contributed by atoms with Gasteiger partial charge in [-0.2, -0.15) is 0 Å². The van der Waals surface area contributed by atoms with Gasteiger partial charge in [0.15, 0.2) is 0 Å². The zero-order valence-electron chi connectivity index (χ0n) is 8.38. The summed E-state index contributed by atoms with van der Waals surface area (Å²) in [5, 5.41) is 0. The van der Waals surface area contributed by atoms with Gasteiger partial charge >= 0.3 is 0 Å². The number of nitrogens with two attached hydrogens (primary N) is 2. The van der Waals surface area contributed by atoms with Crippen LogP contribution in [0.2, 0.25) is 0 Å². The Morgan fingerprint density at radius 1 is 1.38 bits per heavy atom. The molecule has 0 amide bonds. The van der Waals surface area contributed by atoms with Gasteiger partial charge in [0.25, 0.3) is 0 Å². The molecule has 0 radical (unpaired) electrons. The van der Waals surface area contributed by atoms with Gasteiger partial charge in [-0.1, -0.05) is 25.5 Å². The second-order valence-electron chi connectivity index (χ2n) is 3.53. The monoisotopic (exact) mass is 178 g/mol. The summed E-state index contributed by atoms with van der Waals surface area (Å²) in [4.78, 5) is 0. The molecule has 2 nitrogen and oxygen atoms in total. The largest absolute Gasteiger partial charge is 0.398 e. The lowest BCUT2D eigenvalue weighted by molar-refractivity contribution is 0.640. The van der Waals surface area contributed by atoms with Crippen molar-refractivity contribution in [1.29, 1.82) is 0 Å². The zero-order valence-corrected chi connectivity index (χ0v) is 8.38. The van der Waals surface area contributed by atoms with E-state index >= 15 is 0 Å². The van der Waals surface area contributed by atoms with Crippen LogP contribution in [0, 0.1) is 6.92 Å². The van der Waals surface area contributed by atoms with Gasteiger partial charge in [0.1, 0.15) is 0 Å². The SMILES string of the molecule is CCCC(N)c1ccc(C)cc1N. The van der Waals surface area contributed by atoms with Crippen molar-refractivity contribution in [3.05, 3.63) is 29.3 Å². The Balaban J connectivity index is 2.88. The fraction of sp³-hybridized carbons (Fsp3) is 0.455. The maximum absolute atomic E-state index is 5.98. The molecular formula is C11H18N2. The molecule has 0 aliphatic carbocycles. The maximum atomic E-state index is 5.98. The van der Waals surface area contributed by atoms with Crippen LogP contribution in [0.4, 0.5) is 5.69 Å². The van der Waals surface area contributed by atoms with Gasteiger partial charge in [0.2, 0.25) is 0 Å². The molecule has 0 aliphatic rings. The maximum Gasteiger partial charge on any atom is 0.0365 e. The van der Waals surface area contributed by atoms with Gasteiger partial charge in [0, 0.05) is 11.7 Å². The molecular weight excluding hydrogens is 160 g/mol. The number of nitrogen functional groups attached to an aromatic ring is 1. The number of anilines is 1. The van der Waals surface area contributed by atoms with Gasteiger partial charge in [-0.25, -0.2) is 0 Å². The summed E-state index contributed by atoms with van der Waals surface area (Å²) in [6.07, 6.45) is 2.09. The number of aryl methyl sites for hydroxylation is 1. The molecule has 0 aliphatic heterocycles. The normalized spacial score (nSPS) is 12.8. The van der Waals surface area contributed by atoms with E-state index in [0.29, 0.717) is 0 Å². The van der Waals surface area contributed by atoms with E-state index in [1.807, 2.05) is 19.1 Å². The lowest BCUT2D eigenvalue weighted by atomic mass is 10.0. The first-order chi connectivity index (χ1) is 6.15. The van der Waals surface area contributed by atoms with E-state index < -0.39 is 0 Å². The third-order valence-corrected chi connectivity index (χ3v) is 2.24. The predicted molar refractivity (Wildman–Crippen MR) is 57.4 cm³/mol. The van der Waals surface area contributed by atoms with Gasteiger partial charge in [0.05, 0.1) is 0 Å². The lowest BCUT2D eigenvalue weighted by Gasteiger charge is -2.13. The van der Waals surface area contributed by atoms with Crippen LogP contribution in [0.25, 0.3) is 0 Å². The molecule has 1 unspecified atom stereocenters. The number of rotatable bonds is 3. The summed E-state index contributed by atoms with van der Waals surface area (Å²) in [5.74, 6) is 0. The van der Waals surface area contributed by atoms with Crippen molar-refractivity contribution in [3.8, 4) is 0 Å².